The van der Waals surface area contributed by atoms with Gasteiger partial charge in [0, 0.05) is 0 Å². The van der Waals surface area contributed by atoms with E-state index in [4.69, 9.17) is 0 Å². The van der Waals surface area contributed by atoms with Crippen molar-refractivity contribution < 1.29 is 17.2 Å². The molecule has 0 amide bonds. The summed E-state index contributed by atoms with van der Waals surface area (Å²) in [5.74, 6) is -1.85. The molecule has 0 radical (unpaired) electrons. The molecule has 0 fully saturated rings. The topological polar surface area (TPSA) is 46.2 Å². The second kappa shape index (κ2) is 5.09. The fourth-order valence-corrected chi connectivity index (χ4v) is 2.57. The predicted octanol–water partition coefficient (Wildman–Crippen LogP) is 2.88. The van der Waals surface area contributed by atoms with E-state index < -0.39 is 21.7 Å². The number of nitrogens with one attached hydrogen (secondary N) is 1. The van der Waals surface area contributed by atoms with Gasteiger partial charge in [-0.3, -0.25) is 4.72 Å². The van der Waals surface area contributed by atoms with Gasteiger partial charge in [0.1, 0.15) is 5.82 Å². The van der Waals surface area contributed by atoms with Crippen molar-refractivity contribution in [2.45, 2.75) is 13.3 Å². The molecule has 7 heteroatoms. The van der Waals surface area contributed by atoms with Crippen LogP contribution in [-0.4, -0.2) is 14.2 Å². The molecule has 0 saturated carbocycles. The lowest BCUT2D eigenvalue weighted by molar-refractivity contribution is 0.572. The second-order valence-corrected chi connectivity index (χ2v) is 5.78. The maximum absolute atomic E-state index is 13.4. The monoisotopic (exact) mass is 313 g/mol. The summed E-state index contributed by atoms with van der Waals surface area (Å²) >= 11 is 2.69. The third kappa shape index (κ3) is 3.15. The Balaban J connectivity index is 3.04. The molecule has 1 rings (SSSR count). The Labute approximate surface area is 101 Å². The van der Waals surface area contributed by atoms with E-state index in [9.17, 15) is 17.2 Å². The lowest BCUT2D eigenvalue weighted by Gasteiger charge is -2.09. The lowest BCUT2D eigenvalue weighted by atomic mass is 10.3. The van der Waals surface area contributed by atoms with Gasteiger partial charge < -0.3 is 0 Å². The first-order chi connectivity index (χ1) is 7.37. The van der Waals surface area contributed by atoms with Gasteiger partial charge >= 0.3 is 0 Å². The first kappa shape index (κ1) is 13.4. The average Bonchev–Trinajstić information content (AvgIpc) is 2.19. The minimum atomic E-state index is -3.57. The Morgan fingerprint density at radius 3 is 2.56 bits per heavy atom. The zero-order valence-electron chi connectivity index (χ0n) is 8.43. The number of halogens is 3. The Morgan fingerprint density at radius 2 is 2.00 bits per heavy atom. The van der Waals surface area contributed by atoms with Crippen molar-refractivity contribution in [3.05, 3.63) is 28.2 Å². The van der Waals surface area contributed by atoms with Crippen LogP contribution in [0.3, 0.4) is 0 Å². The molecule has 3 nitrogen and oxygen atoms in total. The van der Waals surface area contributed by atoms with Gasteiger partial charge in [0.25, 0.3) is 0 Å². The normalized spacial score (nSPS) is 11.5. The summed E-state index contributed by atoms with van der Waals surface area (Å²) in [4.78, 5) is 0. The van der Waals surface area contributed by atoms with Crippen LogP contribution in [0.1, 0.15) is 13.3 Å². The molecule has 1 aromatic rings. The summed E-state index contributed by atoms with van der Waals surface area (Å²) in [5.41, 5.74) is -0.262. The zero-order chi connectivity index (χ0) is 12.3. The molecule has 0 spiro atoms. The van der Waals surface area contributed by atoms with Crippen LogP contribution in [0.2, 0.25) is 0 Å². The summed E-state index contributed by atoms with van der Waals surface area (Å²) in [6.45, 7) is 1.69. The summed E-state index contributed by atoms with van der Waals surface area (Å²) in [6.07, 6.45) is 0.416. The highest BCUT2D eigenvalue weighted by Gasteiger charge is 2.15. The summed E-state index contributed by atoms with van der Waals surface area (Å²) < 4.78 is 50.7. The van der Waals surface area contributed by atoms with E-state index in [-0.39, 0.29) is 15.9 Å². The molecule has 90 valence electrons. The van der Waals surface area contributed by atoms with E-state index in [1.807, 2.05) is 0 Å². The Bertz CT molecular complexity index is 491. The third-order valence-corrected chi connectivity index (χ3v) is 3.98. The van der Waals surface area contributed by atoms with E-state index in [1.165, 1.54) is 0 Å². The number of hydrogen-bond acceptors (Lipinski definition) is 2. The maximum Gasteiger partial charge on any atom is 0.232 e. The van der Waals surface area contributed by atoms with Crippen LogP contribution in [0.5, 0.6) is 0 Å². The molecule has 0 atom stereocenters. The number of benzene rings is 1. The van der Waals surface area contributed by atoms with Crippen LogP contribution in [-0.2, 0) is 10.0 Å². The molecule has 16 heavy (non-hydrogen) atoms. The molecule has 1 aromatic carbocycles. The predicted molar refractivity (Wildman–Crippen MR) is 61.8 cm³/mol. The fourth-order valence-electron chi connectivity index (χ4n) is 1.09. The number of sulfonamides is 1. The Morgan fingerprint density at radius 1 is 1.38 bits per heavy atom. The summed E-state index contributed by atoms with van der Waals surface area (Å²) in [7, 11) is -3.57. The van der Waals surface area contributed by atoms with Crippen LogP contribution in [0.15, 0.2) is 16.6 Å². The molecule has 0 heterocycles. The second-order valence-electron chi connectivity index (χ2n) is 3.14. The highest BCUT2D eigenvalue weighted by molar-refractivity contribution is 9.10. The molecule has 1 N–H and O–H groups in total. The molecule has 0 bridgehead atoms. The standard InChI is InChI=1S/C9H10BrF2NO2S/c1-2-5-16(14,15)13-7-4-3-6(11)8(10)9(7)12/h3-4,13H,2,5H2,1H3. The van der Waals surface area contributed by atoms with Gasteiger partial charge in [-0.15, -0.1) is 0 Å². The van der Waals surface area contributed by atoms with Crippen molar-refractivity contribution in [1.29, 1.82) is 0 Å². The van der Waals surface area contributed by atoms with Crippen molar-refractivity contribution in [2.75, 3.05) is 10.5 Å². The number of hydrogen-bond donors (Lipinski definition) is 1. The molecule has 0 aliphatic rings. The number of rotatable bonds is 4. The van der Waals surface area contributed by atoms with E-state index >= 15 is 0 Å². The van der Waals surface area contributed by atoms with E-state index in [0.717, 1.165) is 12.1 Å². The van der Waals surface area contributed by atoms with Crippen LogP contribution < -0.4 is 4.72 Å². The molecule has 0 aliphatic carbocycles. The minimum Gasteiger partial charge on any atom is -0.281 e. The average molecular weight is 314 g/mol. The van der Waals surface area contributed by atoms with Crippen molar-refractivity contribution in [2.24, 2.45) is 0 Å². The van der Waals surface area contributed by atoms with E-state index in [0.29, 0.717) is 6.42 Å². The van der Waals surface area contributed by atoms with Crippen molar-refractivity contribution in [3.8, 4) is 0 Å². The van der Waals surface area contributed by atoms with Gasteiger partial charge in [0.15, 0.2) is 5.82 Å². The highest BCUT2D eigenvalue weighted by atomic mass is 79.9. The van der Waals surface area contributed by atoms with Crippen LogP contribution in [0.25, 0.3) is 0 Å². The van der Waals surface area contributed by atoms with E-state index in [2.05, 4.69) is 20.7 Å². The minimum absolute atomic E-state index is 0.110. The molecule has 0 saturated heterocycles. The van der Waals surface area contributed by atoms with Gasteiger partial charge in [-0.2, -0.15) is 0 Å². The SMILES string of the molecule is CCCS(=O)(=O)Nc1ccc(F)c(Br)c1F. The van der Waals surface area contributed by atoms with Gasteiger partial charge in [-0.1, -0.05) is 6.92 Å². The van der Waals surface area contributed by atoms with E-state index in [1.54, 1.807) is 6.92 Å². The van der Waals surface area contributed by atoms with Crippen LogP contribution >= 0.6 is 15.9 Å². The van der Waals surface area contributed by atoms with Gasteiger partial charge in [-0.25, -0.2) is 17.2 Å². The molecular formula is C9H10BrF2NO2S. The van der Waals surface area contributed by atoms with Gasteiger partial charge in [-0.05, 0) is 34.5 Å². The largest absolute Gasteiger partial charge is 0.281 e. The summed E-state index contributed by atoms with van der Waals surface area (Å²) in [6, 6.07) is 2.03. The lowest BCUT2D eigenvalue weighted by Crippen LogP contribution is -2.17. The Kier molecular flexibility index (Phi) is 4.26. The smallest absolute Gasteiger partial charge is 0.232 e. The number of anilines is 1. The first-order valence-electron chi connectivity index (χ1n) is 4.51. The quantitative estimate of drug-likeness (QED) is 0.869. The molecule has 0 unspecified atom stereocenters. The third-order valence-electron chi connectivity index (χ3n) is 1.77. The van der Waals surface area contributed by atoms with Crippen molar-refractivity contribution in [1.82, 2.24) is 0 Å². The van der Waals surface area contributed by atoms with Crippen LogP contribution in [0.4, 0.5) is 14.5 Å². The van der Waals surface area contributed by atoms with Crippen molar-refractivity contribution >= 4 is 31.6 Å². The molecular weight excluding hydrogens is 304 g/mol. The molecule has 0 aromatic heterocycles. The zero-order valence-corrected chi connectivity index (χ0v) is 10.8. The first-order valence-corrected chi connectivity index (χ1v) is 6.96. The van der Waals surface area contributed by atoms with Crippen molar-refractivity contribution in [3.63, 3.8) is 0 Å². The maximum atomic E-state index is 13.4. The Hall–Kier alpha value is -0.690. The van der Waals surface area contributed by atoms with Crippen LogP contribution in [0, 0.1) is 11.6 Å². The van der Waals surface area contributed by atoms with Gasteiger partial charge in [0.05, 0.1) is 15.9 Å². The molecule has 0 aliphatic heterocycles. The summed E-state index contributed by atoms with van der Waals surface area (Å²) in [5, 5.41) is 0. The fraction of sp³-hybridized carbons (Fsp3) is 0.333. The van der Waals surface area contributed by atoms with Gasteiger partial charge in [0.2, 0.25) is 10.0 Å². The highest BCUT2D eigenvalue weighted by Crippen LogP contribution is 2.26.